The van der Waals surface area contributed by atoms with E-state index in [2.05, 4.69) is 4.98 Å². The van der Waals surface area contributed by atoms with Crippen LogP contribution in [-0.4, -0.2) is 28.2 Å². The summed E-state index contributed by atoms with van der Waals surface area (Å²) < 4.78 is 6.98. The van der Waals surface area contributed by atoms with Crippen molar-refractivity contribution in [2.45, 2.75) is 6.73 Å². The van der Waals surface area contributed by atoms with Crippen LogP contribution in [0.1, 0.15) is 32.0 Å². The molecule has 0 spiro atoms. The third kappa shape index (κ3) is 1.54. The standard InChI is InChI=1S/C17H12N2O3/c1-22-9-19-13-5-3-2-4-11(13)14-15(19)17(21)10-6-7-18-8-12(10)16(14)20/h2-8H,9H2,1H3. The number of para-hydroxylation sites is 1. The number of pyridine rings is 1. The van der Waals surface area contributed by atoms with Crippen molar-refractivity contribution in [3.63, 3.8) is 0 Å². The molecule has 0 saturated heterocycles. The molecule has 0 fully saturated rings. The molecule has 3 aromatic rings. The van der Waals surface area contributed by atoms with E-state index in [0.29, 0.717) is 22.4 Å². The zero-order valence-corrected chi connectivity index (χ0v) is 11.9. The minimum Gasteiger partial charge on any atom is -0.364 e. The zero-order chi connectivity index (χ0) is 15.3. The molecule has 4 rings (SSSR count). The van der Waals surface area contributed by atoms with E-state index in [-0.39, 0.29) is 18.3 Å². The van der Waals surface area contributed by atoms with E-state index in [0.717, 1.165) is 10.9 Å². The van der Waals surface area contributed by atoms with E-state index < -0.39 is 0 Å². The number of rotatable bonds is 2. The number of aromatic nitrogens is 2. The molecule has 1 aliphatic carbocycles. The number of hydrogen-bond donors (Lipinski definition) is 0. The Hall–Kier alpha value is -2.79. The van der Waals surface area contributed by atoms with Crippen molar-refractivity contribution in [2.24, 2.45) is 0 Å². The van der Waals surface area contributed by atoms with Gasteiger partial charge in [-0.15, -0.1) is 0 Å². The van der Waals surface area contributed by atoms with Crippen molar-refractivity contribution < 1.29 is 14.3 Å². The fourth-order valence-corrected chi connectivity index (χ4v) is 3.07. The lowest BCUT2D eigenvalue weighted by Crippen LogP contribution is -2.23. The van der Waals surface area contributed by atoms with Gasteiger partial charge in [-0.2, -0.15) is 0 Å². The largest absolute Gasteiger partial charge is 0.364 e. The first kappa shape index (κ1) is 12.9. The van der Waals surface area contributed by atoms with Gasteiger partial charge in [0.05, 0.1) is 16.6 Å². The van der Waals surface area contributed by atoms with Crippen LogP contribution < -0.4 is 0 Å². The molecule has 0 bridgehead atoms. The van der Waals surface area contributed by atoms with Gasteiger partial charge in [0.25, 0.3) is 0 Å². The van der Waals surface area contributed by atoms with E-state index in [1.807, 2.05) is 24.3 Å². The van der Waals surface area contributed by atoms with Gasteiger partial charge in [-0.1, -0.05) is 18.2 Å². The third-order valence-corrected chi connectivity index (χ3v) is 3.98. The van der Waals surface area contributed by atoms with E-state index >= 15 is 0 Å². The van der Waals surface area contributed by atoms with Crippen LogP contribution >= 0.6 is 0 Å². The van der Waals surface area contributed by atoms with E-state index in [1.54, 1.807) is 17.7 Å². The summed E-state index contributed by atoms with van der Waals surface area (Å²) in [5.74, 6) is -0.330. The molecule has 1 aromatic carbocycles. The van der Waals surface area contributed by atoms with Crippen molar-refractivity contribution in [3.05, 3.63) is 65.1 Å². The van der Waals surface area contributed by atoms with Crippen LogP contribution in [0.4, 0.5) is 0 Å². The van der Waals surface area contributed by atoms with Crippen LogP contribution in [0.2, 0.25) is 0 Å². The molecule has 1 aliphatic rings. The fourth-order valence-electron chi connectivity index (χ4n) is 3.07. The zero-order valence-electron chi connectivity index (χ0n) is 11.9. The Morgan fingerprint density at radius 3 is 2.73 bits per heavy atom. The predicted molar refractivity (Wildman–Crippen MR) is 80.0 cm³/mol. The minimum absolute atomic E-state index is 0.163. The number of carbonyl (C=O) groups is 2. The van der Waals surface area contributed by atoms with Gasteiger partial charge >= 0.3 is 0 Å². The van der Waals surface area contributed by atoms with Gasteiger partial charge in [0, 0.05) is 30.5 Å². The summed E-state index contributed by atoms with van der Waals surface area (Å²) in [7, 11) is 1.56. The van der Waals surface area contributed by atoms with Gasteiger partial charge < -0.3 is 9.30 Å². The van der Waals surface area contributed by atoms with Crippen LogP contribution in [0, 0.1) is 0 Å². The van der Waals surface area contributed by atoms with Crippen LogP contribution in [0.25, 0.3) is 10.9 Å². The van der Waals surface area contributed by atoms with Gasteiger partial charge in [-0.3, -0.25) is 14.6 Å². The highest BCUT2D eigenvalue weighted by Gasteiger charge is 2.35. The minimum atomic E-state index is -0.166. The summed E-state index contributed by atoms with van der Waals surface area (Å²) >= 11 is 0. The summed E-state index contributed by atoms with van der Waals surface area (Å²) in [6, 6.07) is 9.07. The van der Waals surface area contributed by atoms with Crippen molar-refractivity contribution >= 4 is 22.5 Å². The molecular weight excluding hydrogens is 280 g/mol. The Morgan fingerprint density at radius 1 is 1.09 bits per heavy atom. The molecule has 0 radical (unpaired) electrons. The molecule has 5 heteroatoms. The summed E-state index contributed by atoms with van der Waals surface area (Å²) in [5.41, 5.74) is 2.41. The number of ether oxygens (including phenoxy) is 1. The van der Waals surface area contributed by atoms with Crippen molar-refractivity contribution in [1.82, 2.24) is 9.55 Å². The first-order valence-corrected chi connectivity index (χ1v) is 6.87. The lowest BCUT2D eigenvalue weighted by molar-refractivity contribution is 0.0950. The first-order valence-electron chi connectivity index (χ1n) is 6.87. The number of nitrogens with zero attached hydrogens (tertiary/aromatic N) is 2. The van der Waals surface area contributed by atoms with Gasteiger partial charge in [0.15, 0.2) is 5.78 Å². The average molecular weight is 292 g/mol. The summed E-state index contributed by atoms with van der Waals surface area (Å²) in [6.07, 6.45) is 2.99. The molecule has 0 atom stereocenters. The quantitative estimate of drug-likeness (QED) is 0.569. The molecule has 0 aliphatic heterocycles. The lowest BCUT2D eigenvalue weighted by atomic mass is 9.88. The molecule has 2 heterocycles. The highest BCUT2D eigenvalue weighted by atomic mass is 16.5. The molecule has 0 unspecified atom stereocenters. The highest BCUT2D eigenvalue weighted by molar-refractivity contribution is 6.32. The van der Waals surface area contributed by atoms with Crippen LogP contribution in [0.3, 0.4) is 0 Å². The molecule has 2 aromatic heterocycles. The third-order valence-electron chi connectivity index (χ3n) is 3.98. The molecule has 5 nitrogen and oxygen atoms in total. The second kappa shape index (κ2) is 4.61. The number of hydrogen-bond acceptors (Lipinski definition) is 4. The maximum absolute atomic E-state index is 12.9. The van der Waals surface area contributed by atoms with Crippen molar-refractivity contribution in [2.75, 3.05) is 7.11 Å². The maximum Gasteiger partial charge on any atom is 0.211 e. The Labute approximate surface area is 126 Å². The van der Waals surface area contributed by atoms with Gasteiger partial charge in [0.1, 0.15) is 12.4 Å². The topological polar surface area (TPSA) is 61.2 Å². The number of methoxy groups -OCH3 is 1. The van der Waals surface area contributed by atoms with Gasteiger partial charge in [-0.05, 0) is 12.1 Å². The monoisotopic (exact) mass is 292 g/mol. The van der Waals surface area contributed by atoms with Crippen LogP contribution in [0.15, 0.2) is 42.7 Å². The van der Waals surface area contributed by atoms with Gasteiger partial charge in [-0.25, -0.2) is 0 Å². The van der Waals surface area contributed by atoms with E-state index in [4.69, 9.17) is 4.74 Å². The van der Waals surface area contributed by atoms with E-state index in [1.165, 1.54) is 12.4 Å². The predicted octanol–water partition coefficient (Wildman–Crippen LogP) is 2.42. The molecular formula is C17H12N2O3. The second-order valence-electron chi connectivity index (χ2n) is 5.17. The maximum atomic E-state index is 12.9. The van der Waals surface area contributed by atoms with E-state index in [9.17, 15) is 9.59 Å². The molecule has 22 heavy (non-hydrogen) atoms. The number of carbonyl (C=O) groups excluding carboxylic acids is 2. The molecule has 0 amide bonds. The second-order valence-corrected chi connectivity index (χ2v) is 5.17. The van der Waals surface area contributed by atoms with Crippen molar-refractivity contribution in [3.8, 4) is 0 Å². The average Bonchev–Trinajstić information content (AvgIpc) is 2.88. The van der Waals surface area contributed by atoms with Gasteiger partial charge in [0.2, 0.25) is 5.78 Å². The first-order chi connectivity index (χ1) is 10.7. The Bertz CT molecular complexity index is 940. The number of ketones is 2. The smallest absolute Gasteiger partial charge is 0.211 e. The number of fused-ring (bicyclic) bond motifs is 4. The SMILES string of the molecule is COCn1c2c(c3ccccc31)C(=O)c1cnccc1C2=O. The normalized spacial score (nSPS) is 13.3. The summed E-state index contributed by atoms with van der Waals surface area (Å²) in [4.78, 5) is 29.7. The Kier molecular flexibility index (Phi) is 2.71. The molecule has 108 valence electrons. The number of benzene rings is 1. The summed E-state index contributed by atoms with van der Waals surface area (Å²) in [5, 5.41) is 0.766. The fraction of sp³-hybridized carbons (Fsp3) is 0.118. The highest BCUT2D eigenvalue weighted by Crippen LogP contribution is 2.34. The summed E-state index contributed by atoms with van der Waals surface area (Å²) in [6.45, 7) is 0.218. The Balaban J connectivity index is 2.13. The lowest BCUT2D eigenvalue weighted by Gasteiger charge is -2.16. The molecule has 0 saturated carbocycles. The molecule has 0 N–H and O–H groups in total. The van der Waals surface area contributed by atoms with Crippen LogP contribution in [0.5, 0.6) is 0 Å². The Morgan fingerprint density at radius 2 is 1.91 bits per heavy atom. The van der Waals surface area contributed by atoms with Crippen LogP contribution in [-0.2, 0) is 11.5 Å². The van der Waals surface area contributed by atoms with Crippen molar-refractivity contribution in [1.29, 1.82) is 0 Å².